The minimum absolute atomic E-state index is 0.0908. The molecule has 0 radical (unpaired) electrons. The highest BCUT2D eigenvalue weighted by Gasteiger charge is 2.34. The molecule has 1 aliphatic rings. The standard InChI is InChI=1S/C12H13F3O2/c13-12(14,15)10-3-1-2-4-11(10)17-9-5-7-16-8-6-9/h1-4,9H,5-8H2. The van der Waals surface area contributed by atoms with E-state index < -0.39 is 11.7 Å². The minimum atomic E-state index is -4.37. The molecule has 94 valence electrons. The number of ether oxygens (including phenoxy) is 2. The van der Waals surface area contributed by atoms with Crippen molar-refractivity contribution < 1.29 is 22.6 Å². The first-order valence-corrected chi connectivity index (χ1v) is 5.48. The third-order valence-electron chi connectivity index (χ3n) is 2.65. The minimum Gasteiger partial charge on any atom is -0.490 e. The third-order valence-corrected chi connectivity index (χ3v) is 2.65. The van der Waals surface area contributed by atoms with Crippen LogP contribution in [0.3, 0.4) is 0 Å². The van der Waals surface area contributed by atoms with Crippen molar-refractivity contribution in [3.05, 3.63) is 29.8 Å². The maximum atomic E-state index is 12.7. The van der Waals surface area contributed by atoms with E-state index in [4.69, 9.17) is 9.47 Å². The molecule has 5 heteroatoms. The summed E-state index contributed by atoms with van der Waals surface area (Å²) in [6.07, 6.45) is -3.30. The van der Waals surface area contributed by atoms with E-state index in [0.29, 0.717) is 26.1 Å². The zero-order valence-electron chi connectivity index (χ0n) is 9.17. The molecule has 1 saturated heterocycles. The van der Waals surface area contributed by atoms with Gasteiger partial charge < -0.3 is 9.47 Å². The first-order valence-electron chi connectivity index (χ1n) is 5.48. The molecular weight excluding hydrogens is 233 g/mol. The number of alkyl halides is 3. The van der Waals surface area contributed by atoms with Crippen molar-refractivity contribution in [2.45, 2.75) is 25.1 Å². The van der Waals surface area contributed by atoms with E-state index in [1.54, 1.807) is 6.07 Å². The van der Waals surface area contributed by atoms with Crippen molar-refractivity contribution in [1.82, 2.24) is 0 Å². The molecule has 0 bridgehead atoms. The van der Waals surface area contributed by atoms with Crippen LogP contribution in [0.15, 0.2) is 24.3 Å². The van der Waals surface area contributed by atoms with Crippen LogP contribution in [0.4, 0.5) is 13.2 Å². The SMILES string of the molecule is FC(F)(F)c1ccccc1OC1CCOCC1. The van der Waals surface area contributed by atoms with E-state index in [-0.39, 0.29) is 11.9 Å². The van der Waals surface area contributed by atoms with Crippen LogP contribution in [0.5, 0.6) is 5.75 Å². The maximum absolute atomic E-state index is 12.7. The fraction of sp³-hybridized carbons (Fsp3) is 0.500. The molecular formula is C12H13F3O2. The van der Waals surface area contributed by atoms with E-state index >= 15 is 0 Å². The lowest BCUT2D eigenvalue weighted by Crippen LogP contribution is -2.26. The van der Waals surface area contributed by atoms with Crippen LogP contribution < -0.4 is 4.74 Å². The average molecular weight is 246 g/mol. The molecule has 0 aliphatic carbocycles. The van der Waals surface area contributed by atoms with Crippen LogP contribution in [0, 0.1) is 0 Å². The molecule has 0 atom stereocenters. The largest absolute Gasteiger partial charge is 0.490 e. The maximum Gasteiger partial charge on any atom is 0.419 e. The van der Waals surface area contributed by atoms with E-state index in [1.165, 1.54) is 12.1 Å². The van der Waals surface area contributed by atoms with Gasteiger partial charge in [0.15, 0.2) is 0 Å². The Morgan fingerprint density at radius 3 is 2.41 bits per heavy atom. The van der Waals surface area contributed by atoms with Crippen LogP contribution in [-0.2, 0) is 10.9 Å². The Morgan fingerprint density at radius 2 is 1.76 bits per heavy atom. The van der Waals surface area contributed by atoms with Gasteiger partial charge in [0.25, 0.3) is 0 Å². The zero-order valence-corrected chi connectivity index (χ0v) is 9.17. The van der Waals surface area contributed by atoms with Gasteiger partial charge in [-0.2, -0.15) is 13.2 Å². The van der Waals surface area contributed by atoms with Crippen molar-refractivity contribution in [1.29, 1.82) is 0 Å². The summed E-state index contributed by atoms with van der Waals surface area (Å²) >= 11 is 0. The van der Waals surface area contributed by atoms with Gasteiger partial charge in [0.1, 0.15) is 11.9 Å². The van der Waals surface area contributed by atoms with Crippen LogP contribution in [-0.4, -0.2) is 19.3 Å². The Bertz CT molecular complexity index is 370. The summed E-state index contributed by atoms with van der Waals surface area (Å²) in [5.41, 5.74) is -0.716. The molecule has 2 rings (SSSR count). The van der Waals surface area contributed by atoms with Crippen molar-refractivity contribution in [2.75, 3.05) is 13.2 Å². The number of hydrogen-bond acceptors (Lipinski definition) is 2. The summed E-state index contributed by atoms with van der Waals surface area (Å²) in [6.45, 7) is 1.08. The first kappa shape index (κ1) is 12.2. The van der Waals surface area contributed by atoms with Crippen molar-refractivity contribution in [2.24, 2.45) is 0 Å². The van der Waals surface area contributed by atoms with Gasteiger partial charge in [-0.1, -0.05) is 12.1 Å². The Labute approximate surface area is 97.3 Å². The fourth-order valence-corrected chi connectivity index (χ4v) is 1.78. The smallest absolute Gasteiger partial charge is 0.419 e. The number of para-hydroxylation sites is 1. The lowest BCUT2D eigenvalue weighted by Gasteiger charge is -2.24. The number of hydrogen-bond donors (Lipinski definition) is 0. The number of rotatable bonds is 2. The van der Waals surface area contributed by atoms with E-state index in [9.17, 15) is 13.2 Å². The molecule has 0 aromatic heterocycles. The molecule has 0 N–H and O–H groups in total. The van der Waals surface area contributed by atoms with Gasteiger partial charge in [0.2, 0.25) is 0 Å². The molecule has 17 heavy (non-hydrogen) atoms. The monoisotopic (exact) mass is 246 g/mol. The molecule has 1 aromatic carbocycles. The highest BCUT2D eigenvalue weighted by Crippen LogP contribution is 2.36. The van der Waals surface area contributed by atoms with Crippen LogP contribution in [0.1, 0.15) is 18.4 Å². The second kappa shape index (κ2) is 4.96. The van der Waals surface area contributed by atoms with E-state index in [2.05, 4.69) is 0 Å². The fourth-order valence-electron chi connectivity index (χ4n) is 1.78. The number of benzene rings is 1. The molecule has 0 spiro atoms. The van der Waals surface area contributed by atoms with Gasteiger partial charge in [0, 0.05) is 12.8 Å². The molecule has 0 saturated carbocycles. The normalized spacial score (nSPS) is 18.1. The summed E-state index contributed by atoms with van der Waals surface area (Å²) in [6, 6.07) is 5.30. The van der Waals surface area contributed by atoms with Gasteiger partial charge >= 0.3 is 6.18 Å². The Balaban J connectivity index is 2.14. The van der Waals surface area contributed by atoms with Crippen molar-refractivity contribution in [3.63, 3.8) is 0 Å². The quantitative estimate of drug-likeness (QED) is 0.797. The Hall–Kier alpha value is -1.23. The Morgan fingerprint density at radius 1 is 1.12 bits per heavy atom. The molecule has 0 amide bonds. The van der Waals surface area contributed by atoms with Gasteiger partial charge in [-0.25, -0.2) is 0 Å². The highest BCUT2D eigenvalue weighted by molar-refractivity contribution is 5.35. The lowest BCUT2D eigenvalue weighted by atomic mass is 10.1. The summed E-state index contributed by atoms with van der Waals surface area (Å²) in [5, 5.41) is 0. The summed E-state index contributed by atoms with van der Waals surface area (Å²) in [7, 11) is 0. The summed E-state index contributed by atoms with van der Waals surface area (Å²) in [4.78, 5) is 0. The van der Waals surface area contributed by atoms with Gasteiger partial charge in [0.05, 0.1) is 18.8 Å². The summed E-state index contributed by atoms with van der Waals surface area (Å²) < 4.78 is 48.6. The first-order chi connectivity index (χ1) is 8.07. The predicted molar refractivity (Wildman–Crippen MR) is 55.9 cm³/mol. The van der Waals surface area contributed by atoms with Crippen LogP contribution in [0.25, 0.3) is 0 Å². The average Bonchev–Trinajstić information content (AvgIpc) is 2.30. The molecule has 1 aromatic rings. The molecule has 1 fully saturated rings. The molecule has 1 aliphatic heterocycles. The second-order valence-electron chi connectivity index (χ2n) is 3.92. The second-order valence-corrected chi connectivity index (χ2v) is 3.92. The van der Waals surface area contributed by atoms with Crippen LogP contribution in [0.2, 0.25) is 0 Å². The van der Waals surface area contributed by atoms with Crippen molar-refractivity contribution >= 4 is 0 Å². The van der Waals surface area contributed by atoms with Crippen molar-refractivity contribution in [3.8, 4) is 5.75 Å². The molecule has 2 nitrogen and oxygen atoms in total. The topological polar surface area (TPSA) is 18.5 Å². The van der Waals surface area contributed by atoms with Gasteiger partial charge in [-0.3, -0.25) is 0 Å². The van der Waals surface area contributed by atoms with Gasteiger partial charge in [-0.15, -0.1) is 0 Å². The summed E-state index contributed by atoms with van der Waals surface area (Å²) in [5.74, 6) is -0.0908. The lowest BCUT2D eigenvalue weighted by molar-refractivity contribution is -0.139. The molecule has 0 unspecified atom stereocenters. The Kier molecular flexibility index (Phi) is 3.57. The van der Waals surface area contributed by atoms with Gasteiger partial charge in [-0.05, 0) is 12.1 Å². The molecule has 1 heterocycles. The predicted octanol–water partition coefficient (Wildman–Crippen LogP) is 3.26. The third kappa shape index (κ3) is 3.12. The van der Waals surface area contributed by atoms with Crippen LogP contribution >= 0.6 is 0 Å². The highest BCUT2D eigenvalue weighted by atomic mass is 19.4. The number of halogens is 3. The van der Waals surface area contributed by atoms with E-state index in [0.717, 1.165) is 6.07 Å². The zero-order chi connectivity index (χ0) is 12.3. The van der Waals surface area contributed by atoms with E-state index in [1.807, 2.05) is 0 Å².